The summed E-state index contributed by atoms with van der Waals surface area (Å²) in [6.45, 7) is 4.13. The summed E-state index contributed by atoms with van der Waals surface area (Å²) < 4.78 is 0. The summed E-state index contributed by atoms with van der Waals surface area (Å²) in [5.74, 6) is -1.69. The van der Waals surface area contributed by atoms with Crippen LogP contribution in [0.25, 0.3) is 0 Å². The summed E-state index contributed by atoms with van der Waals surface area (Å²) >= 11 is 0. The van der Waals surface area contributed by atoms with E-state index in [1.165, 1.54) is 0 Å². The van der Waals surface area contributed by atoms with Crippen LogP contribution in [-0.4, -0.2) is 23.0 Å². The molecule has 1 amide bonds. The van der Waals surface area contributed by atoms with Gasteiger partial charge in [-0.1, -0.05) is 26.7 Å². The fourth-order valence-corrected chi connectivity index (χ4v) is 2.60. The molecule has 1 unspecified atom stereocenters. The monoisotopic (exact) mass is 241 g/mol. The maximum absolute atomic E-state index is 12.0. The molecule has 0 aromatic heterocycles. The number of rotatable bonds is 6. The van der Waals surface area contributed by atoms with Crippen molar-refractivity contribution >= 4 is 11.9 Å². The van der Waals surface area contributed by atoms with Crippen LogP contribution in [0.1, 0.15) is 52.4 Å². The molecule has 1 rings (SSSR count). The van der Waals surface area contributed by atoms with Crippen molar-refractivity contribution in [3.8, 4) is 0 Å². The highest BCUT2D eigenvalue weighted by Gasteiger charge is 2.38. The minimum atomic E-state index is -0.828. The number of carboxylic acids is 1. The molecular weight excluding hydrogens is 218 g/mol. The van der Waals surface area contributed by atoms with Crippen LogP contribution in [0, 0.1) is 11.8 Å². The van der Waals surface area contributed by atoms with Gasteiger partial charge in [-0.3, -0.25) is 9.59 Å². The molecule has 1 aliphatic rings. The predicted molar refractivity (Wildman–Crippen MR) is 65.6 cm³/mol. The van der Waals surface area contributed by atoms with Crippen LogP contribution in [0.15, 0.2) is 0 Å². The fourth-order valence-electron chi connectivity index (χ4n) is 2.60. The SMILES string of the molecule is CCCC(CC)NC(=O)[C@@H]1CCC[C@@H]1C(=O)O. The summed E-state index contributed by atoms with van der Waals surface area (Å²) in [5, 5.41) is 12.0. The highest BCUT2D eigenvalue weighted by molar-refractivity contribution is 5.85. The first-order chi connectivity index (χ1) is 8.10. The molecule has 1 saturated carbocycles. The first-order valence-electron chi connectivity index (χ1n) is 6.63. The Kier molecular flexibility index (Phi) is 5.45. The van der Waals surface area contributed by atoms with Crippen molar-refractivity contribution < 1.29 is 14.7 Å². The summed E-state index contributed by atoms with van der Waals surface area (Å²) in [6, 6.07) is 0.197. The fraction of sp³-hybridized carbons (Fsp3) is 0.846. The van der Waals surface area contributed by atoms with Crippen molar-refractivity contribution in [2.45, 2.75) is 58.4 Å². The molecule has 0 aromatic rings. The summed E-state index contributed by atoms with van der Waals surface area (Å²) in [4.78, 5) is 23.0. The van der Waals surface area contributed by atoms with Crippen LogP contribution in [0.2, 0.25) is 0 Å². The number of hydrogen-bond donors (Lipinski definition) is 2. The van der Waals surface area contributed by atoms with Gasteiger partial charge in [0.1, 0.15) is 0 Å². The standard InChI is InChI=1S/C13H23NO3/c1-3-6-9(4-2)14-12(15)10-7-5-8-11(10)13(16)17/h9-11H,3-8H2,1-2H3,(H,14,15)(H,16,17)/t9?,10-,11+/m1/s1. The normalized spacial score (nSPS) is 25.5. The number of aliphatic carboxylic acids is 1. The van der Waals surface area contributed by atoms with E-state index in [1.54, 1.807) is 0 Å². The Morgan fingerprint density at radius 1 is 1.29 bits per heavy atom. The molecule has 98 valence electrons. The lowest BCUT2D eigenvalue weighted by atomic mass is 9.94. The van der Waals surface area contributed by atoms with Crippen LogP contribution in [0.4, 0.5) is 0 Å². The van der Waals surface area contributed by atoms with Crippen molar-refractivity contribution in [1.29, 1.82) is 0 Å². The first kappa shape index (κ1) is 14.0. The van der Waals surface area contributed by atoms with Crippen LogP contribution >= 0.6 is 0 Å². The van der Waals surface area contributed by atoms with Crippen molar-refractivity contribution in [3.63, 3.8) is 0 Å². The molecule has 0 radical (unpaired) electrons. The van der Waals surface area contributed by atoms with Crippen LogP contribution < -0.4 is 5.32 Å². The van der Waals surface area contributed by atoms with Gasteiger partial charge >= 0.3 is 5.97 Å². The maximum atomic E-state index is 12.0. The summed E-state index contributed by atoms with van der Waals surface area (Å²) in [7, 11) is 0. The maximum Gasteiger partial charge on any atom is 0.307 e. The molecule has 1 fully saturated rings. The van der Waals surface area contributed by atoms with Crippen molar-refractivity contribution in [1.82, 2.24) is 5.32 Å². The molecule has 0 bridgehead atoms. The molecular formula is C13H23NO3. The molecule has 4 nitrogen and oxygen atoms in total. The van der Waals surface area contributed by atoms with Gasteiger partial charge in [0.25, 0.3) is 0 Å². The van der Waals surface area contributed by atoms with E-state index in [2.05, 4.69) is 12.2 Å². The zero-order valence-corrected chi connectivity index (χ0v) is 10.7. The second-order valence-corrected chi connectivity index (χ2v) is 4.88. The van der Waals surface area contributed by atoms with Gasteiger partial charge in [0.05, 0.1) is 11.8 Å². The Morgan fingerprint density at radius 3 is 2.47 bits per heavy atom. The van der Waals surface area contributed by atoms with E-state index in [0.717, 1.165) is 25.7 Å². The highest BCUT2D eigenvalue weighted by Crippen LogP contribution is 2.32. The Morgan fingerprint density at radius 2 is 1.94 bits per heavy atom. The molecule has 0 heterocycles. The van der Waals surface area contributed by atoms with Crippen LogP contribution in [0.3, 0.4) is 0 Å². The van der Waals surface area contributed by atoms with Gasteiger partial charge < -0.3 is 10.4 Å². The number of hydrogen-bond acceptors (Lipinski definition) is 2. The lowest BCUT2D eigenvalue weighted by molar-refractivity contribution is -0.146. The number of amides is 1. The average Bonchev–Trinajstić information content (AvgIpc) is 2.77. The summed E-state index contributed by atoms with van der Waals surface area (Å²) in [5.41, 5.74) is 0. The van der Waals surface area contributed by atoms with E-state index in [0.29, 0.717) is 12.8 Å². The van der Waals surface area contributed by atoms with Gasteiger partial charge in [-0.25, -0.2) is 0 Å². The Bertz CT molecular complexity index is 278. The lowest BCUT2D eigenvalue weighted by Gasteiger charge is -2.21. The van der Waals surface area contributed by atoms with E-state index in [1.807, 2.05) is 6.92 Å². The second kappa shape index (κ2) is 6.62. The number of nitrogens with one attached hydrogen (secondary N) is 1. The van der Waals surface area contributed by atoms with Crippen molar-refractivity contribution in [2.75, 3.05) is 0 Å². The topological polar surface area (TPSA) is 66.4 Å². The largest absolute Gasteiger partial charge is 0.481 e. The van der Waals surface area contributed by atoms with Crippen molar-refractivity contribution in [3.05, 3.63) is 0 Å². The molecule has 0 saturated heterocycles. The third kappa shape index (κ3) is 3.72. The number of carboxylic acid groups (broad SMARTS) is 1. The molecule has 17 heavy (non-hydrogen) atoms. The molecule has 3 atom stereocenters. The molecule has 1 aliphatic carbocycles. The zero-order valence-electron chi connectivity index (χ0n) is 10.7. The van der Waals surface area contributed by atoms with E-state index in [4.69, 9.17) is 5.11 Å². The van der Waals surface area contributed by atoms with Gasteiger partial charge in [0.2, 0.25) is 5.91 Å². The van der Waals surface area contributed by atoms with Gasteiger partial charge in [0, 0.05) is 6.04 Å². The van der Waals surface area contributed by atoms with Crippen LogP contribution in [-0.2, 0) is 9.59 Å². The molecule has 0 aliphatic heterocycles. The van der Waals surface area contributed by atoms with Crippen molar-refractivity contribution in [2.24, 2.45) is 11.8 Å². The average molecular weight is 241 g/mol. The smallest absolute Gasteiger partial charge is 0.307 e. The quantitative estimate of drug-likeness (QED) is 0.749. The van der Waals surface area contributed by atoms with Crippen LogP contribution in [0.5, 0.6) is 0 Å². The Hall–Kier alpha value is -1.06. The number of carbonyl (C=O) groups excluding carboxylic acids is 1. The number of carbonyl (C=O) groups is 2. The molecule has 0 spiro atoms. The highest BCUT2D eigenvalue weighted by atomic mass is 16.4. The minimum absolute atomic E-state index is 0.0600. The second-order valence-electron chi connectivity index (χ2n) is 4.88. The van der Waals surface area contributed by atoms with Gasteiger partial charge in [-0.15, -0.1) is 0 Å². The zero-order chi connectivity index (χ0) is 12.8. The Labute approximate surface area is 103 Å². The lowest BCUT2D eigenvalue weighted by Crippen LogP contribution is -2.41. The molecule has 0 aromatic carbocycles. The van der Waals surface area contributed by atoms with Gasteiger partial charge in [0.15, 0.2) is 0 Å². The minimum Gasteiger partial charge on any atom is -0.481 e. The summed E-state index contributed by atoms with van der Waals surface area (Å²) in [6.07, 6.45) is 5.10. The molecule has 2 N–H and O–H groups in total. The predicted octanol–water partition coefficient (Wildman–Crippen LogP) is 2.18. The first-order valence-corrected chi connectivity index (χ1v) is 6.63. The van der Waals surface area contributed by atoms with Gasteiger partial charge in [-0.2, -0.15) is 0 Å². The molecule has 4 heteroatoms. The van der Waals surface area contributed by atoms with E-state index in [-0.39, 0.29) is 17.9 Å². The van der Waals surface area contributed by atoms with E-state index >= 15 is 0 Å². The van der Waals surface area contributed by atoms with Gasteiger partial charge in [-0.05, 0) is 25.7 Å². The third-order valence-electron chi connectivity index (χ3n) is 3.65. The van der Waals surface area contributed by atoms with E-state index < -0.39 is 11.9 Å². The Balaban J connectivity index is 2.54. The van der Waals surface area contributed by atoms with E-state index in [9.17, 15) is 9.59 Å². The third-order valence-corrected chi connectivity index (χ3v) is 3.65.